The Balaban J connectivity index is 1.79. The fourth-order valence-electron chi connectivity index (χ4n) is 2.66. The molecule has 0 unspecified atom stereocenters. The summed E-state index contributed by atoms with van der Waals surface area (Å²) in [6.07, 6.45) is 1.58. The highest BCUT2D eigenvalue weighted by Gasteiger charge is 2.11. The molecular weight excluding hydrogens is 490 g/mol. The number of aromatic hydroxyl groups is 1. The van der Waals surface area contributed by atoms with E-state index in [1.165, 1.54) is 12.1 Å². The molecular formula is C20H17Br2N3O3. The second kappa shape index (κ2) is 8.62. The standard InChI is InChI=1S/C20H17Br2N3O3/c1-12-3-4-15(25(12)14-5-7-16(28-2)8-6-14)11-23-24-20(27)13-9-17(21)19(26)18(22)10-13/h3-11,26H,1-2H3,(H,24,27)/b23-11+. The van der Waals surface area contributed by atoms with Crippen LogP contribution in [0.15, 0.2) is 62.6 Å². The third-order valence-electron chi connectivity index (χ3n) is 4.08. The van der Waals surface area contributed by atoms with Gasteiger partial charge in [0.05, 0.1) is 28.0 Å². The van der Waals surface area contributed by atoms with Crippen molar-refractivity contribution in [1.82, 2.24) is 9.99 Å². The lowest BCUT2D eigenvalue weighted by Gasteiger charge is -2.10. The molecule has 144 valence electrons. The molecule has 0 radical (unpaired) electrons. The van der Waals surface area contributed by atoms with Gasteiger partial charge in [0.25, 0.3) is 5.91 Å². The fourth-order valence-corrected chi connectivity index (χ4v) is 3.85. The van der Waals surface area contributed by atoms with E-state index in [-0.39, 0.29) is 5.75 Å². The van der Waals surface area contributed by atoms with Crippen LogP contribution in [0.5, 0.6) is 11.5 Å². The zero-order valence-electron chi connectivity index (χ0n) is 15.1. The van der Waals surface area contributed by atoms with E-state index in [2.05, 4.69) is 42.4 Å². The number of carbonyl (C=O) groups is 1. The average Bonchev–Trinajstić information content (AvgIpc) is 3.06. The molecule has 0 aliphatic carbocycles. The number of hydrazone groups is 1. The Hall–Kier alpha value is -2.58. The normalized spacial score (nSPS) is 11.0. The molecule has 6 nitrogen and oxygen atoms in total. The third kappa shape index (κ3) is 4.28. The number of phenols is 1. The molecule has 3 rings (SSSR count). The van der Waals surface area contributed by atoms with Crippen LogP contribution in [0.3, 0.4) is 0 Å². The van der Waals surface area contributed by atoms with Gasteiger partial charge in [-0.1, -0.05) is 0 Å². The summed E-state index contributed by atoms with van der Waals surface area (Å²) in [5.74, 6) is 0.423. The Morgan fingerprint density at radius 3 is 2.39 bits per heavy atom. The van der Waals surface area contributed by atoms with E-state index < -0.39 is 5.91 Å². The topological polar surface area (TPSA) is 75.8 Å². The first-order chi connectivity index (χ1) is 13.4. The lowest BCUT2D eigenvalue weighted by Crippen LogP contribution is -2.18. The lowest BCUT2D eigenvalue weighted by molar-refractivity contribution is 0.0955. The Labute approximate surface area is 179 Å². The smallest absolute Gasteiger partial charge is 0.271 e. The number of aromatic nitrogens is 1. The van der Waals surface area contributed by atoms with Crippen molar-refractivity contribution in [1.29, 1.82) is 0 Å². The molecule has 0 bridgehead atoms. The van der Waals surface area contributed by atoms with Crippen LogP contribution in [-0.4, -0.2) is 28.9 Å². The van der Waals surface area contributed by atoms with Crippen molar-refractivity contribution in [3.63, 3.8) is 0 Å². The molecule has 0 saturated carbocycles. The van der Waals surface area contributed by atoms with Crippen molar-refractivity contribution in [2.75, 3.05) is 7.11 Å². The predicted octanol–water partition coefficient (Wildman–Crippen LogP) is 4.79. The molecule has 0 aliphatic rings. The third-order valence-corrected chi connectivity index (χ3v) is 5.29. The van der Waals surface area contributed by atoms with Crippen molar-refractivity contribution < 1.29 is 14.6 Å². The van der Waals surface area contributed by atoms with E-state index in [4.69, 9.17) is 4.74 Å². The van der Waals surface area contributed by atoms with Crippen LogP contribution in [0.2, 0.25) is 0 Å². The van der Waals surface area contributed by atoms with Crippen LogP contribution < -0.4 is 10.2 Å². The van der Waals surface area contributed by atoms with Crippen LogP contribution in [0, 0.1) is 6.92 Å². The molecule has 0 fully saturated rings. The van der Waals surface area contributed by atoms with Gasteiger partial charge in [-0.15, -0.1) is 0 Å². The SMILES string of the molecule is COc1ccc(-n2c(C)ccc2/C=N/NC(=O)c2cc(Br)c(O)c(Br)c2)cc1. The van der Waals surface area contributed by atoms with Gasteiger partial charge in [-0.2, -0.15) is 5.10 Å². The molecule has 0 aliphatic heterocycles. The van der Waals surface area contributed by atoms with Gasteiger partial charge in [-0.25, -0.2) is 5.43 Å². The fraction of sp³-hybridized carbons (Fsp3) is 0.100. The number of methoxy groups -OCH3 is 1. The van der Waals surface area contributed by atoms with Gasteiger partial charge in [0.2, 0.25) is 0 Å². The Morgan fingerprint density at radius 1 is 1.14 bits per heavy atom. The van der Waals surface area contributed by atoms with Crippen LogP contribution in [0.1, 0.15) is 21.7 Å². The number of benzene rings is 2. The van der Waals surface area contributed by atoms with Gasteiger partial charge in [0.15, 0.2) is 0 Å². The zero-order valence-corrected chi connectivity index (χ0v) is 18.3. The number of amides is 1. The Kier molecular flexibility index (Phi) is 6.21. The number of rotatable bonds is 5. The number of hydrogen-bond acceptors (Lipinski definition) is 4. The van der Waals surface area contributed by atoms with E-state index in [0.717, 1.165) is 22.8 Å². The second-order valence-corrected chi connectivity index (χ2v) is 7.63. The molecule has 1 heterocycles. The minimum atomic E-state index is -0.392. The summed E-state index contributed by atoms with van der Waals surface area (Å²) in [6, 6.07) is 14.6. The molecule has 8 heteroatoms. The summed E-state index contributed by atoms with van der Waals surface area (Å²) in [7, 11) is 1.63. The molecule has 1 amide bonds. The van der Waals surface area contributed by atoms with Gasteiger partial charge >= 0.3 is 0 Å². The van der Waals surface area contributed by atoms with Crippen LogP contribution in [0.25, 0.3) is 5.69 Å². The number of carbonyl (C=O) groups excluding carboxylic acids is 1. The number of nitrogens with one attached hydrogen (secondary N) is 1. The maximum atomic E-state index is 12.3. The maximum absolute atomic E-state index is 12.3. The van der Waals surface area contributed by atoms with E-state index in [9.17, 15) is 9.90 Å². The highest BCUT2D eigenvalue weighted by atomic mass is 79.9. The number of hydrogen-bond donors (Lipinski definition) is 2. The van der Waals surface area contributed by atoms with Crippen molar-refractivity contribution in [3.8, 4) is 17.2 Å². The first-order valence-electron chi connectivity index (χ1n) is 8.25. The molecule has 0 spiro atoms. The van der Waals surface area contributed by atoms with Gasteiger partial charge in [0.1, 0.15) is 11.5 Å². The Morgan fingerprint density at radius 2 is 1.79 bits per heavy atom. The molecule has 2 N–H and O–H groups in total. The number of nitrogens with zero attached hydrogens (tertiary/aromatic N) is 2. The second-order valence-electron chi connectivity index (χ2n) is 5.92. The highest BCUT2D eigenvalue weighted by molar-refractivity contribution is 9.11. The summed E-state index contributed by atoms with van der Waals surface area (Å²) in [5.41, 5.74) is 5.67. The van der Waals surface area contributed by atoms with Crippen molar-refractivity contribution in [3.05, 3.63) is 74.4 Å². The quantitative estimate of drug-likeness (QED) is 0.386. The molecule has 0 saturated heterocycles. The molecule has 3 aromatic rings. The summed E-state index contributed by atoms with van der Waals surface area (Å²) in [4.78, 5) is 12.3. The van der Waals surface area contributed by atoms with Crippen molar-refractivity contribution >= 4 is 44.0 Å². The van der Waals surface area contributed by atoms with Crippen molar-refractivity contribution in [2.45, 2.75) is 6.92 Å². The first kappa shape index (κ1) is 20.2. The maximum Gasteiger partial charge on any atom is 0.271 e. The zero-order chi connectivity index (χ0) is 20.3. The highest BCUT2D eigenvalue weighted by Crippen LogP contribution is 2.33. The summed E-state index contributed by atoms with van der Waals surface area (Å²) in [6.45, 7) is 1.99. The van der Waals surface area contributed by atoms with E-state index in [1.54, 1.807) is 13.3 Å². The number of ether oxygens (including phenoxy) is 1. The van der Waals surface area contributed by atoms with Gasteiger partial charge < -0.3 is 14.4 Å². The molecule has 0 atom stereocenters. The van der Waals surface area contributed by atoms with E-state index in [1.807, 2.05) is 47.9 Å². The van der Waals surface area contributed by atoms with Gasteiger partial charge in [-0.3, -0.25) is 4.79 Å². The van der Waals surface area contributed by atoms with Gasteiger partial charge in [0, 0.05) is 16.9 Å². The largest absolute Gasteiger partial charge is 0.506 e. The predicted molar refractivity (Wildman–Crippen MR) is 116 cm³/mol. The minimum Gasteiger partial charge on any atom is -0.506 e. The average molecular weight is 507 g/mol. The molecule has 2 aromatic carbocycles. The first-order valence-corrected chi connectivity index (χ1v) is 9.83. The number of halogens is 2. The molecule has 1 aromatic heterocycles. The Bertz CT molecular complexity index is 1020. The number of aryl methyl sites for hydroxylation is 1. The monoisotopic (exact) mass is 505 g/mol. The summed E-state index contributed by atoms with van der Waals surface area (Å²) >= 11 is 6.42. The minimum absolute atomic E-state index is 0.0350. The summed E-state index contributed by atoms with van der Waals surface area (Å²) < 4.78 is 8.05. The molecule has 28 heavy (non-hydrogen) atoms. The lowest BCUT2D eigenvalue weighted by atomic mass is 10.2. The number of phenolic OH excluding ortho intramolecular Hbond substituents is 1. The van der Waals surface area contributed by atoms with E-state index in [0.29, 0.717) is 14.5 Å². The van der Waals surface area contributed by atoms with Crippen LogP contribution >= 0.6 is 31.9 Å². The van der Waals surface area contributed by atoms with Gasteiger partial charge in [-0.05, 0) is 87.3 Å². The van der Waals surface area contributed by atoms with E-state index >= 15 is 0 Å². The van der Waals surface area contributed by atoms with Crippen LogP contribution in [-0.2, 0) is 0 Å². The summed E-state index contributed by atoms with van der Waals surface area (Å²) in [5, 5.41) is 13.8. The van der Waals surface area contributed by atoms with Crippen molar-refractivity contribution in [2.24, 2.45) is 5.10 Å². The van der Waals surface area contributed by atoms with Crippen LogP contribution in [0.4, 0.5) is 0 Å².